The molecule has 0 radical (unpaired) electrons. The Kier molecular flexibility index (Phi) is 3.69. The van der Waals surface area contributed by atoms with Gasteiger partial charge in [-0.05, 0) is 18.2 Å². The highest BCUT2D eigenvalue weighted by molar-refractivity contribution is 5.88. The summed E-state index contributed by atoms with van der Waals surface area (Å²) in [4.78, 5) is 16.7. The number of aromatic nitrogens is 4. The molecule has 22 heavy (non-hydrogen) atoms. The van der Waals surface area contributed by atoms with Crippen LogP contribution in [-0.2, 0) is 0 Å². The molecule has 108 valence electrons. The summed E-state index contributed by atoms with van der Waals surface area (Å²) in [5, 5.41) is 10.7. The van der Waals surface area contributed by atoms with Crippen molar-refractivity contribution in [3.8, 4) is 11.4 Å². The first kappa shape index (κ1) is 13.6. The van der Waals surface area contributed by atoms with Gasteiger partial charge in [0.2, 0.25) is 0 Å². The molecular formula is C15H13N7. The fourth-order valence-electron chi connectivity index (χ4n) is 1.91. The van der Waals surface area contributed by atoms with E-state index in [9.17, 15) is 0 Å². The molecule has 7 nitrogen and oxygen atoms in total. The average molecular weight is 291 g/mol. The summed E-state index contributed by atoms with van der Waals surface area (Å²) in [6.45, 7) is 0. The molecule has 0 aliphatic carbocycles. The van der Waals surface area contributed by atoms with Crippen LogP contribution in [0.1, 0.15) is 5.56 Å². The van der Waals surface area contributed by atoms with Gasteiger partial charge in [0.05, 0.1) is 23.8 Å². The van der Waals surface area contributed by atoms with Crippen molar-refractivity contribution in [3.63, 3.8) is 0 Å². The number of pyridine rings is 2. The van der Waals surface area contributed by atoms with Crippen LogP contribution in [0.25, 0.3) is 11.4 Å². The van der Waals surface area contributed by atoms with E-state index in [1.807, 2.05) is 18.2 Å². The SMILES string of the molecule is N=Cc1cnc(-c2cncc(N)n2)cc1Nc1ccccn1. The molecule has 0 unspecified atom stereocenters. The minimum absolute atomic E-state index is 0.328. The van der Waals surface area contributed by atoms with Gasteiger partial charge in [-0.2, -0.15) is 0 Å². The normalized spacial score (nSPS) is 10.2. The molecule has 0 aromatic carbocycles. The van der Waals surface area contributed by atoms with E-state index < -0.39 is 0 Å². The van der Waals surface area contributed by atoms with Gasteiger partial charge >= 0.3 is 0 Å². The smallest absolute Gasteiger partial charge is 0.142 e. The zero-order valence-electron chi connectivity index (χ0n) is 11.6. The van der Waals surface area contributed by atoms with Gasteiger partial charge in [-0.3, -0.25) is 9.97 Å². The molecule has 3 aromatic heterocycles. The lowest BCUT2D eigenvalue weighted by atomic mass is 10.2. The molecule has 0 fully saturated rings. The molecule has 0 amide bonds. The predicted octanol–water partition coefficient (Wildman–Crippen LogP) is 2.26. The number of rotatable bonds is 4. The first-order valence-electron chi connectivity index (χ1n) is 6.53. The van der Waals surface area contributed by atoms with Crippen molar-refractivity contribution >= 4 is 23.5 Å². The summed E-state index contributed by atoms with van der Waals surface area (Å²) in [7, 11) is 0. The summed E-state index contributed by atoms with van der Waals surface area (Å²) < 4.78 is 0. The van der Waals surface area contributed by atoms with E-state index in [-0.39, 0.29) is 0 Å². The first-order valence-corrected chi connectivity index (χ1v) is 6.53. The van der Waals surface area contributed by atoms with E-state index in [2.05, 4.69) is 25.3 Å². The summed E-state index contributed by atoms with van der Waals surface area (Å²) in [6.07, 6.45) is 7.58. The largest absolute Gasteiger partial charge is 0.382 e. The van der Waals surface area contributed by atoms with Crippen LogP contribution in [0.3, 0.4) is 0 Å². The standard InChI is InChI=1S/C15H13N7/c16-6-10-7-20-12(13-8-18-9-14(17)21-13)5-11(10)22-15-3-1-2-4-19-15/h1-9,16H,(H2,17,21)(H,19,20,22). The van der Waals surface area contributed by atoms with Gasteiger partial charge in [0, 0.05) is 24.2 Å². The quantitative estimate of drug-likeness (QED) is 0.635. The maximum Gasteiger partial charge on any atom is 0.142 e. The molecule has 3 heterocycles. The van der Waals surface area contributed by atoms with Gasteiger partial charge in [0.1, 0.15) is 17.3 Å². The van der Waals surface area contributed by atoms with E-state index in [4.69, 9.17) is 11.1 Å². The van der Waals surface area contributed by atoms with Crippen LogP contribution >= 0.6 is 0 Å². The van der Waals surface area contributed by atoms with Gasteiger partial charge < -0.3 is 16.5 Å². The van der Waals surface area contributed by atoms with Gasteiger partial charge in [-0.1, -0.05) is 6.07 Å². The molecule has 0 saturated carbocycles. The predicted molar refractivity (Wildman–Crippen MR) is 85.1 cm³/mol. The van der Waals surface area contributed by atoms with E-state index in [1.165, 1.54) is 12.4 Å². The second-order valence-corrected chi connectivity index (χ2v) is 4.47. The molecule has 7 heteroatoms. The van der Waals surface area contributed by atoms with Gasteiger partial charge in [0.25, 0.3) is 0 Å². The Hall–Kier alpha value is -3.35. The number of nitrogens with one attached hydrogen (secondary N) is 2. The third kappa shape index (κ3) is 2.88. The fourth-order valence-corrected chi connectivity index (χ4v) is 1.91. The molecule has 0 spiro atoms. The molecular weight excluding hydrogens is 278 g/mol. The van der Waals surface area contributed by atoms with Crippen molar-refractivity contribution in [2.24, 2.45) is 0 Å². The molecule has 4 N–H and O–H groups in total. The van der Waals surface area contributed by atoms with Crippen molar-refractivity contribution in [1.82, 2.24) is 19.9 Å². The van der Waals surface area contributed by atoms with Gasteiger partial charge in [-0.15, -0.1) is 0 Å². The van der Waals surface area contributed by atoms with Crippen molar-refractivity contribution < 1.29 is 0 Å². The molecule has 3 aromatic rings. The van der Waals surface area contributed by atoms with Crippen LogP contribution in [0.4, 0.5) is 17.3 Å². The van der Waals surface area contributed by atoms with Crippen molar-refractivity contribution in [2.45, 2.75) is 0 Å². The molecule has 0 aliphatic rings. The monoisotopic (exact) mass is 291 g/mol. The Morgan fingerprint density at radius 1 is 1.09 bits per heavy atom. The summed E-state index contributed by atoms with van der Waals surface area (Å²) in [5.41, 5.74) is 8.19. The van der Waals surface area contributed by atoms with Crippen LogP contribution in [0.15, 0.2) is 49.1 Å². The zero-order valence-corrected chi connectivity index (χ0v) is 11.6. The van der Waals surface area contributed by atoms with E-state index in [0.29, 0.717) is 34.3 Å². The van der Waals surface area contributed by atoms with E-state index in [0.717, 1.165) is 0 Å². The highest BCUT2D eigenvalue weighted by Crippen LogP contribution is 2.23. The first-order chi connectivity index (χ1) is 10.8. The Morgan fingerprint density at radius 3 is 2.73 bits per heavy atom. The Labute approximate surface area is 126 Å². The van der Waals surface area contributed by atoms with Crippen LogP contribution in [-0.4, -0.2) is 26.2 Å². The summed E-state index contributed by atoms with van der Waals surface area (Å²) in [5.74, 6) is 1.01. The number of hydrogen-bond acceptors (Lipinski definition) is 7. The number of nitrogens with two attached hydrogens (primary N) is 1. The van der Waals surface area contributed by atoms with Gasteiger partial charge in [0.15, 0.2) is 0 Å². The topological polar surface area (TPSA) is 113 Å². The third-order valence-electron chi connectivity index (χ3n) is 2.93. The van der Waals surface area contributed by atoms with Crippen LogP contribution in [0.5, 0.6) is 0 Å². The lowest BCUT2D eigenvalue weighted by Crippen LogP contribution is -2.00. The lowest BCUT2D eigenvalue weighted by Gasteiger charge is -2.10. The number of nitrogen functional groups attached to an aromatic ring is 1. The maximum absolute atomic E-state index is 7.49. The fraction of sp³-hybridized carbons (Fsp3) is 0. The second-order valence-electron chi connectivity index (χ2n) is 4.47. The van der Waals surface area contributed by atoms with E-state index in [1.54, 1.807) is 24.7 Å². The summed E-state index contributed by atoms with van der Waals surface area (Å²) in [6, 6.07) is 7.35. The molecule has 0 bridgehead atoms. The molecule has 0 atom stereocenters. The van der Waals surface area contributed by atoms with Crippen molar-refractivity contribution in [3.05, 3.63) is 54.6 Å². The van der Waals surface area contributed by atoms with Crippen molar-refractivity contribution in [2.75, 3.05) is 11.1 Å². The minimum Gasteiger partial charge on any atom is -0.382 e. The Morgan fingerprint density at radius 2 is 2.00 bits per heavy atom. The number of hydrogen-bond donors (Lipinski definition) is 3. The maximum atomic E-state index is 7.49. The minimum atomic E-state index is 0.328. The highest BCUT2D eigenvalue weighted by atomic mass is 15.0. The third-order valence-corrected chi connectivity index (χ3v) is 2.93. The van der Waals surface area contributed by atoms with Crippen LogP contribution in [0, 0.1) is 5.41 Å². The van der Waals surface area contributed by atoms with Gasteiger partial charge in [-0.25, -0.2) is 9.97 Å². The van der Waals surface area contributed by atoms with E-state index >= 15 is 0 Å². The zero-order chi connectivity index (χ0) is 15.4. The molecule has 0 saturated heterocycles. The number of nitrogens with zero attached hydrogens (tertiary/aromatic N) is 4. The Balaban J connectivity index is 2.01. The van der Waals surface area contributed by atoms with Crippen LogP contribution in [0.2, 0.25) is 0 Å². The average Bonchev–Trinajstić information content (AvgIpc) is 2.56. The molecule has 0 aliphatic heterocycles. The molecule has 3 rings (SSSR count). The number of anilines is 3. The van der Waals surface area contributed by atoms with Crippen molar-refractivity contribution in [1.29, 1.82) is 5.41 Å². The summed E-state index contributed by atoms with van der Waals surface area (Å²) >= 11 is 0. The second kappa shape index (κ2) is 5.96. The lowest BCUT2D eigenvalue weighted by molar-refractivity contribution is 1.18. The Bertz CT molecular complexity index is 802. The highest BCUT2D eigenvalue weighted by Gasteiger charge is 2.08. The van der Waals surface area contributed by atoms with Crippen LogP contribution < -0.4 is 11.1 Å².